The zero-order chi connectivity index (χ0) is 8.34. The molecule has 0 aromatic rings. The monoisotopic (exact) mass is 184 g/mol. The maximum absolute atomic E-state index is 11.3. The van der Waals surface area contributed by atoms with Crippen LogP contribution in [0.5, 0.6) is 0 Å². The molecule has 4 aliphatic rings. The van der Waals surface area contributed by atoms with Crippen molar-refractivity contribution in [1.29, 1.82) is 0 Å². The van der Waals surface area contributed by atoms with Crippen molar-refractivity contribution in [3.05, 3.63) is 0 Å². The molecule has 0 radical (unpaired) electrons. The van der Waals surface area contributed by atoms with E-state index in [4.69, 9.17) is 11.6 Å². The van der Waals surface area contributed by atoms with Gasteiger partial charge in [0.2, 0.25) is 5.24 Å². The summed E-state index contributed by atoms with van der Waals surface area (Å²) >= 11 is 5.69. The van der Waals surface area contributed by atoms with Gasteiger partial charge in [0.1, 0.15) is 0 Å². The Bertz CT molecular complexity index is 229. The molecule has 4 saturated carbocycles. The van der Waals surface area contributed by atoms with Crippen molar-refractivity contribution < 1.29 is 4.79 Å². The van der Waals surface area contributed by atoms with Crippen LogP contribution in [-0.2, 0) is 4.79 Å². The molecule has 4 aliphatic carbocycles. The number of hydrogen-bond acceptors (Lipinski definition) is 1. The molecule has 0 aromatic heterocycles. The van der Waals surface area contributed by atoms with E-state index in [-0.39, 0.29) is 10.7 Å². The van der Waals surface area contributed by atoms with Gasteiger partial charge >= 0.3 is 0 Å². The topological polar surface area (TPSA) is 17.1 Å². The van der Waals surface area contributed by atoms with Gasteiger partial charge in [0.25, 0.3) is 0 Å². The summed E-state index contributed by atoms with van der Waals surface area (Å²) in [5, 5.41) is -0.0422. The minimum absolute atomic E-state index is 0.0422. The van der Waals surface area contributed by atoms with Crippen molar-refractivity contribution in [3.63, 3.8) is 0 Å². The van der Waals surface area contributed by atoms with Crippen molar-refractivity contribution in [1.82, 2.24) is 0 Å². The van der Waals surface area contributed by atoms with Crippen LogP contribution in [-0.4, -0.2) is 5.24 Å². The Balaban J connectivity index is 1.98. The van der Waals surface area contributed by atoms with Gasteiger partial charge in [0.05, 0.1) is 0 Å². The number of carbonyl (C=O) groups excluding carboxylic acids is 1. The molecule has 4 bridgehead atoms. The minimum Gasteiger partial charge on any atom is -0.281 e. The van der Waals surface area contributed by atoms with Gasteiger partial charge in [-0.2, -0.15) is 0 Å². The second kappa shape index (κ2) is 2.06. The van der Waals surface area contributed by atoms with Gasteiger partial charge in [-0.15, -0.1) is 0 Å². The van der Waals surface area contributed by atoms with E-state index in [2.05, 4.69) is 0 Å². The summed E-state index contributed by atoms with van der Waals surface area (Å²) < 4.78 is 0. The van der Waals surface area contributed by atoms with Crippen LogP contribution in [0, 0.1) is 23.2 Å². The molecule has 0 aromatic carbocycles. The maximum Gasteiger partial charge on any atom is 0.227 e. The second-order valence-corrected chi connectivity index (χ2v) is 5.37. The number of halogens is 1. The van der Waals surface area contributed by atoms with Crippen molar-refractivity contribution in [2.45, 2.75) is 32.1 Å². The fourth-order valence-corrected chi connectivity index (χ4v) is 4.28. The standard InChI is InChI=1S/C10H13ClO/c11-9(12)10-3-6-1-7(4-10)8(2-6)5-10/h6-8H,1-5H2. The minimum atomic E-state index is -0.0575. The van der Waals surface area contributed by atoms with E-state index in [1.807, 2.05) is 0 Å². The predicted molar refractivity (Wildman–Crippen MR) is 46.8 cm³/mol. The van der Waals surface area contributed by atoms with Crippen LogP contribution in [0.2, 0.25) is 0 Å². The van der Waals surface area contributed by atoms with Crippen LogP contribution in [0.3, 0.4) is 0 Å². The maximum atomic E-state index is 11.3. The summed E-state index contributed by atoms with van der Waals surface area (Å²) in [5.74, 6) is 2.54. The van der Waals surface area contributed by atoms with Crippen LogP contribution >= 0.6 is 11.6 Å². The van der Waals surface area contributed by atoms with Crippen LogP contribution in [0.15, 0.2) is 0 Å². The highest BCUT2D eigenvalue weighted by molar-refractivity contribution is 6.64. The van der Waals surface area contributed by atoms with Crippen molar-refractivity contribution in [3.8, 4) is 0 Å². The normalized spacial score (nSPS) is 54.9. The zero-order valence-corrected chi connectivity index (χ0v) is 7.81. The molecule has 4 fully saturated rings. The third-order valence-electron chi connectivity index (χ3n) is 4.34. The highest BCUT2D eigenvalue weighted by Crippen LogP contribution is 2.64. The highest BCUT2D eigenvalue weighted by Gasteiger charge is 2.58. The Morgan fingerprint density at radius 1 is 1.17 bits per heavy atom. The molecule has 2 atom stereocenters. The Hall–Kier alpha value is -0.0400. The van der Waals surface area contributed by atoms with Crippen LogP contribution < -0.4 is 0 Å². The number of hydrogen-bond donors (Lipinski definition) is 0. The van der Waals surface area contributed by atoms with Crippen LogP contribution in [0.25, 0.3) is 0 Å². The van der Waals surface area contributed by atoms with Gasteiger partial charge in [0.15, 0.2) is 0 Å². The van der Waals surface area contributed by atoms with Gasteiger partial charge in [-0.05, 0) is 61.5 Å². The average Bonchev–Trinajstić information content (AvgIpc) is 2.39. The van der Waals surface area contributed by atoms with E-state index in [9.17, 15) is 4.79 Å². The fourth-order valence-electron chi connectivity index (χ4n) is 4.05. The van der Waals surface area contributed by atoms with E-state index in [1.54, 1.807) is 0 Å². The molecular formula is C10H13ClO. The lowest BCUT2D eigenvalue weighted by molar-refractivity contribution is -0.123. The smallest absolute Gasteiger partial charge is 0.227 e. The molecule has 66 valence electrons. The third kappa shape index (κ3) is 0.736. The molecule has 1 nitrogen and oxygen atoms in total. The summed E-state index contributed by atoms with van der Waals surface area (Å²) in [6, 6.07) is 0. The van der Waals surface area contributed by atoms with E-state index in [0.717, 1.165) is 37.0 Å². The number of rotatable bonds is 1. The summed E-state index contributed by atoms with van der Waals surface area (Å²) in [5.41, 5.74) is -0.0575. The first kappa shape index (κ1) is 7.37. The lowest BCUT2D eigenvalue weighted by Crippen LogP contribution is -2.32. The van der Waals surface area contributed by atoms with E-state index < -0.39 is 0 Å². The average molecular weight is 185 g/mol. The molecule has 2 unspecified atom stereocenters. The van der Waals surface area contributed by atoms with Crippen molar-refractivity contribution >= 4 is 16.8 Å². The van der Waals surface area contributed by atoms with Gasteiger partial charge in [-0.25, -0.2) is 0 Å². The Labute approximate surface area is 77.5 Å². The van der Waals surface area contributed by atoms with Crippen LogP contribution in [0.1, 0.15) is 32.1 Å². The molecule has 0 heterocycles. The van der Waals surface area contributed by atoms with E-state index in [0.29, 0.717) is 0 Å². The van der Waals surface area contributed by atoms with Gasteiger partial charge in [0, 0.05) is 5.41 Å². The van der Waals surface area contributed by atoms with Gasteiger partial charge in [-0.3, -0.25) is 4.79 Å². The fraction of sp³-hybridized carbons (Fsp3) is 0.900. The molecule has 0 spiro atoms. The lowest BCUT2D eigenvalue weighted by Gasteiger charge is -2.34. The SMILES string of the molecule is O=C(Cl)C12CC3CC(C1)C(C3)C2. The van der Waals surface area contributed by atoms with Crippen molar-refractivity contribution in [2.75, 3.05) is 0 Å². The Kier molecular flexibility index (Phi) is 1.27. The second-order valence-electron chi connectivity index (χ2n) is 5.02. The Morgan fingerprint density at radius 3 is 2.17 bits per heavy atom. The van der Waals surface area contributed by atoms with Crippen molar-refractivity contribution in [2.24, 2.45) is 23.2 Å². The third-order valence-corrected chi connectivity index (χ3v) is 4.74. The molecule has 0 aliphatic heterocycles. The lowest BCUT2D eigenvalue weighted by atomic mass is 9.70. The first-order valence-electron chi connectivity index (χ1n) is 4.89. The quantitative estimate of drug-likeness (QED) is 0.573. The van der Waals surface area contributed by atoms with E-state index >= 15 is 0 Å². The summed E-state index contributed by atoms with van der Waals surface area (Å²) in [4.78, 5) is 11.3. The number of carbonyl (C=O) groups is 1. The Morgan fingerprint density at radius 2 is 1.75 bits per heavy atom. The first-order chi connectivity index (χ1) is 5.70. The summed E-state index contributed by atoms with van der Waals surface area (Å²) in [6.07, 6.45) is 6.09. The molecule has 0 N–H and O–H groups in total. The molecular weight excluding hydrogens is 172 g/mol. The zero-order valence-electron chi connectivity index (χ0n) is 7.05. The first-order valence-corrected chi connectivity index (χ1v) is 5.27. The van der Waals surface area contributed by atoms with Crippen LogP contribution in [0.4, 0.5) is 0 Å². The molecule has 4 rings (SSSR count). The summed E-state index contributed by atoms with van der Waals surface area (Å²) in [7, 11) is 0. The van der Waals surface area contributed by atoms with E-state index in [1.165, 1.54) is 12.8 Å². The largest absolute Gasteiger partial charge is 0.281 e. The van der Waals surface area contributed by atoms with Gasteiger partial charge < -0.3 is 0 Å². The van der Waals surface area contributed by atoms with Gasteiger partial charge in [-0.1, -0.05) is 0 Å². The molecule has 2 heteroatoms. The predicted octanol–water partition coefficient (Wildman–Crippen LogP) is 2.58. The molecule has 12 heavy (non-hydrogen) atoms. The molecule has 0 amide bonds. The summed E-state index contributed by atoms with van der Waals surface area (Å²) in [6.45, 7) is 0. The molecule has 0 saturated heterocycles. The highest BCUT2D eigenvalue weighted by atomic mass is 35.5.